The summed E-state index contributed by atoms with van der Waals surface area (Å²) in [5.74, 6) is -0.430. The molecule has 0 aliphatic rings. The van der Waals surface area contributed by atoms with Crippen LogP contribution in [0, 0.1) is 0 Å². The number of alkyl carbamates (subject to hydrolysis) is 2. The third-order valence-electron chi connectivity index (χ3n) is 6.34. The number of carbonyl (C=O) groups is 6. The molecule has 0 spiro atoms. The van der Waals surface area contributed by atoms with Gasteiger partial charge in [-0.2, -0.15) is 0 Å². The Bertz CT molecular complexity index is 879. The summed E-state index contributed by atoms with van der Waals surface area (Å²) in [7, 11) is 3.24. The predicted octanol–water partition coefficient (Wildman–Crippen LogP) is 1.13. The summed E-state index contributed by atoms with van der Waals surface area (Å²) in [6, 6.07) is -3.82. The van der Waals surface area contributed by atoms with Gasteiger partial charge in [0.05, 0.1) is 12.1 Å². The molecule has 10 N–H and O–H groups in total. The number of nitrogens with one attached hydrogen (secondary N) is 8. The van der Waals surface area contributed by atoms with Crippen molar-refractivity contribution in [2.45, 2.75) is 89.6 Å². The summed E-state index contributed by atoms with van der Waals surface area (Å²) in [5, 5.41) is 19.8. The van der Waals surface area contributed by atoms with Crippen molar-refractivity contribution < 1.29 is 38.2 Å². The molecule has 0 radical (unpaired) electrons. The number of nitrogens with two attached hydrogens (primary N) is 1. The first kappa shape index (κ1) is 41.1. The molecule has 2 unspecified atom stereocenters. The largest absolute Gasteiger partial charge is 0.447 e. The van der Waals surface area contributed by atoms with Gasteiger partial charge in [0.25, 0.3) is 0 Å². The molecule has 0 bridgehead atoms. The Hall–Kier alpha value is -3.86. The second-order valence-corrected chi connectivity index (χ2v) is 10.4. The van der Waals surface area contributed by atoms with Crippen molar-refractivity contribution in [1.82, 2.24) is 42.5 Å². The average Bonchev–Trinajstić information content (AvgIpc) is 3.01. The van der Waals surface area contributed by atoms with Crippen LogP contribution in [0.25, 0.3) is 0 Å². The molecule has 9 amide bonds. The Labute approximate surface area is 266 Å². The molecule has 260 valence electrons. The highest BCUT2D eigenvalue weighted by molar-refractivity contribution is 6.01. The minimum Gasteiger partial charge on any atom is -0.447 e. The molecule has 0 heterocycles. The van der Waals surface area contributed by atoms with Gasteiger partial charge in [0.2, 0.25) is 5.91 Å². The Balaban J connectivity index is 4.11. The van der Waals surface area contributed by atoms with Gasteiger partial charge in [-0.15, -0.1) is 0 Å². The first-order chi connectivity index (χ1) is 21.6. The number of hydrogen-bond donors (Lipinski definition) is 9. The summed E-state index contributed by atoms with van der Waals surface area (Å²) in [5.41, 5.74) is 5.96. The van der Waals surface area contributed by atoms with Gasteiger partial charge in [0.1, 0.15) is 13.2 Å². The van der Waals surface area contributed by atoms with E-state index >= 15 is 0 Å². The molecular weight excluding hydrogens is 590 g/mol. The first-order valence-electron chi connectivity index (χ1n) is 15.7. The van der Waals surface area contributed by atoms with Gasteiger partial charge in [0.15, 0.2) is 0 Å². The second kappa shape index (κ2) is 27.7. The number of rotatable bonds is 23. The molecule has 0 rings (SSSR count). The lowest BCUT2D eigenvalue weighted by Gasteiger charge is -2.21. The molecule has 0 aromatic heterocycles. The third-order valence-corrected chi connectivity index (χ3v) is 6.34. The molecule has 0 fully saturated rings. The van der Waals surface area contributed by atoms with E-state index in [1.165, 1.54) is 7.05 Å². The highest BCUT2D eigenvalue weighted by Crippen LogP contribution is 2.01. The van der Waals surface area contributed by atoms with E-state index in [4.69, 9.17) is 15.2 Å². The average molecular weight is 646 g/mol. The van der Waals surface area contributed by atoms with Crippen LogP contribution in [-0.4, -0.2) is 102 Å². The van der Waals surface area contributed by atoms with Crippen molar-refractivity contribution in [2.75, 3.05) is 53.5 Å². The normalized spacial score (nSPS) is 11.7. The van der Waals surface area contributed by atoms with Crippen LogP contribution < -0.4 is 48.3 Å². The Kier molecular flexibility index (Phi) is 25.3. The van der Waals surface area contributed by atoms with Gasteiger partial charge in [-0.25, -0.2) is 24.0 Å². The Morgan fingerprint density at radius 2 is 1.13 bits per heavy atom. The van der Waals surface area contributed by atoms with Crippen molar-refractivity contribution in [3.8, 4) is 0 Å². The van der Waals surface area contributed by atoms with Crippen molar-refractivity contribution in [3.05, 3.63) is 0 Å². The van der Waals surface area contributed by atoms with Crippen molar-refractivity contribution in [2.24, 2.45) is 5.73 Å². The minimum absolute atomic E-state index is 0.212. The van der Waals surface area contributed by atoms with E-state index in [0.29, 0.717) is 38.9 Å². The van der Waals surface area contributed by atoms with E-state index in [1.54, 1.807) is 0 Å². The van der Waals surface area contributed by atoms with Crippen LogP contribution in [-0.2, 0) is 14.3 Å². The summed E-state index contributed by atoms with van der Waals surface area (Å²) in [6.45, 7) is 3.58. The van der Waals surface area contributed by atoms with Crippen LogP contribution >= 0.6 is 0 Å². The molecule has 2 atom stereocenters. The van der Waals surface area contributed by atoms with Gasteiger partial charge in [0, 0.05) is 26.7 Å². The number of imide groups is 2. The van der Waals surface area contributed by atoms with Crippen molar-refractivity contribution in [1.29, 1.82) is 0 Å². The molecule has 17 nitrogen and oxygen atoms in total. The van der Waals surface area contributed by atoms with Crippen LogP contribution in [0.1, 0.15) is 77.6 Å². The van der Waals surface area contributed by atoms with Gasteiger partial charge in [-0.3, -0.25) is 15.4 Å². The minimum atomic E-state index is -0.913. The van der Waals surface area contributed by atoms with E-state index in [2.05, 4.69) is 38.8 Å². The topological polar surface area (TPSA) is 243 Å². The van der Waals surface area contributed by atoms with E-state index in [0.717, 1.165) is 57.9 Å². The third kappa shape index (κ3) is 25.2. The fourth-order valence-corrected chi connectivity index (χ4v) is 3.79. The molecular formula is C28H55N9O8. The molecule has 17 heteroatoms. The van der Waals surface area contributed by atoms with E-state index in [1.807, 2.05) is 17.7 Å². The zero-order chi connectivity index (χ0) is 33.7. The molecule has 0 aliphatic carbocycles. The van der Waals surface area contributed by atoms with E-state index < -0.39 is 48.3 Å². The summed E-state index contributed by atoms with van der Waals surface area (Å²) >= 11 is 0. The summed E-state index contributed by atoms with van der Waals surface area (Å²) in [4.78, 5) is 71.2. The molecule has 45 heavy (non-hydrogen) atoms. The van der Waals surface area contributed by atoms with Gasteiger partial charge >= 0.3 is 30.3 Å². The SMILES string of the molecule is CCCCCCNC(=O)NC(=O)NC(=O)NCCCCCCNC(=O)OCC(COC(=O)NC)NC(=O)C(N)CCCCNC. The Morgan fingerprint density at radius 3 is 1.67 bits per heavy atom. The molecule has 0 saturated carbocycles. The lowest BCUT2D eigenvalue weighted by Crippen LogP contribution is -2.49. The molecule has 0 saturated heterocycles. The van der Waals surface area contributed by atoms with Crippen molar-refractivity contribution in [3.63, 3.8) is 0 Å². The fourth-order valence-electron chi connectivity index (χ4n) is 3.79. The summed E-state index contributed by atoms with van der Waals surface area (Å²) in [6.07, 6.45) is 7.51. The number of amides is 9. The van der Waals surface area contributed by atoms with E-state index in [-0.39, 0.29) is 13.2 Å². The number of unbranched alkanes of at least 4 members (excludes halogenated alkanes) is 7. The number of ether oxygens (including phenoxy) is 2. The number of hydrogen-bond acceptors (Lipinski definition) is 10. The quantitative estimate of drug-likeness (QED) is 0.0717. The highest BCUT2D eigenvalue weighted by atomic mass is 16.6. The standard InChI is InChI=1S/C28H55N9O8/c1-4-5-6-10-16-32-24(39)36-26(41)37-25(40)33-17-11-7-8-12-18-34-28(43)45-20-21(19-44-27(42)31-3)35-23(38)22(29)14-9-13-15-30-2/h21-22,30H,4-20,29H2,1-3H3,(H,31,42)(H,34,43)(H,35,38)(H4,32,33,36,37,39,40,41). The Morgan fingerprint density at radius 1 is 0.622 bits per heavy atom. The maximum atomic E-state index is 12.5. The molecule has 0 aliphatic heterocycles. The fraction of sp³-hybridized carbons (Fsp3) is 0.786. The van der Waals surface area contributed by atoms with Crippen molar-refractivity contribution >= 4 is 36.2 Å². The van der Waals surface area contributed by atoms with Gasteiger partial charge in [-0.1, -0.05) is 45.4 Å². The van der Waals surface area contributed by atoms with Crippen LogP contribution in [0.5, 0.6) is 0 Å². The lowest BCUT2D eigenvalue weighted by molar-refractivity contribution is -0.124. The highest BCUT2D eigenvalue weighted by Gasteiger charge is 2.21. The van der Waals surface area contributed by atoms with Crippen LogP contribution in [0.15, 0.2) is 0 Å². The lowest BCUT2D eigenvalue weighted by atomic mass is 10.1. The molecule has 0 aromatic rings. The number of urea groups is 3. The first-order valence-corrected chi connectivity index (χ1v) is 15.7. The maximum Gasteiger partial charge on any atom is 0.407 e. The van der Waals surface area contributed by atoms with Crippen LogP contribution in [0.2, 0.25) is 0 Å². The zero-order valence-electron chi connectivity index (χ0n) is 27.0. The maximum absolute atomic E-state index is 12.5. The van der Waals surface area contributed by atoms with Gasteiger partial charge in [-0.05, 0) is 45.7 Å². The van der Waals surface area contributed by atoms with Crippen LogP contribution in [0.4, 0.5) is 24.0 Å². The smallest absolute Gasteiger partial charge is 0.407 e. The second-order valence-electron chi connectivity index (χ2n) is 10.4. The zero-order valence-corrected chi connectivity index (χ0v) is 27.0. The van der Waals surface area contributed by atoms with Gasteiger partial charge < -0.3 is 47.1 Å². The number of carbonyl (C=O) groups excluding carboxylic acids is 6. The predicted molar refractivity (Wildman–Crippen MR) is 169 cm³/mol. The summed E-state index contributed by atoms with van der Waals surface area (Å²) < 4.78 is 10.2. The van der Waals surface area contributed by atoms with Crippen LogP contribution in [0.3, 0.4) is 0 Å². The monoisotopic (exact) mass is 645 g/mol. The molecule has 0 aromatic carbocycles. The van der Waals surface area contributed by atoms with E-state index in [9.17, 15) is 28.8 Å².